The van der Waals surface area contributed by atoms with Gasteiger partial charge in [-0.2, -0.15) is 0 Å². The van der Waals surface area contributed by atoms with Gasteiger partial charge in [-0.15, -0.1) is 10.2 Å². The Kier molecular flexibility index (Phi) is 3.53. The highest BCUT2D eigenvalue weighted by atomic mass is 32.2. The first-order valence-corrected chi connectivity index (χ1v) is 5.72. The van der Waals surface area contributed by atoms with E-state index in [1.807, 2.05) is 30.9 Å². The summed E-state index contributed by atoms with van der Waals surface area (Å²) in [5, 5.41) is 12.7. The van der Waals surface area contributed by atoms with Crippen LogP contribution in [0.5, 0.6) is 0 Å². The molecule has 0 unspecified atom stereocenters. The van der Waals surface area contributed by atoms with E-state index in [0.29, 0.717) is 0 Å². The first kappa shape index (κ1) is 11.1. The minimum Gasteiger partial charge on any atom is -0.316 e. The van der Waals surface area contributed by atoms with Crippen LogP contribution < -0.4 is 5.32 Å². The predicted molar refractivity (Wildman–Crippen MR) is 62.1 cm³/mol. The summed E-state index contributed by atoms with van der Waals surface area (Å²) in [6, 6.07) is 4.05. The first-order valence-electron chi connectivity index (χ1n) is 4.91. The van der Waals surface area contributed by atoms with Crippen molar-refractivity contribution in [3.8, 4) is 0 Å². The van der Waals surface area contributed by atoms with Crippen molar-refractivity contribution < 1.29 is 0 Å². The fraction of sp³-hybridized carbons (Fsp3) is 0.300. The average Bonchev–Trinajstić information content (AvgIpc) is 2.68. The number of aromatic nitrogens is 4. The molecular formula is C10H13N5S. The number of hydrogen-bond donors (Lipinski definition) is 1. The molecule has 0 fully saturated rings. The van der Waals surface area contributed by atoms with E-state index in [9.17, 15) is 0 Å². The zero-order valence-corrected chi connectivity index (χ0v) is 10.0. The van der Waals surface area contributed by atoms with Gasteiger partial charge in [0.1, 0.15) is 11.4 Å². The van der Waals surface area contributed by atoms with E-state index >= 15 is 0 Å². The monoisotopic (exact) mass is 235 g/mol. The normalized spacial score (nSPS) is 10.6. The molecule has 84 valence electrons. The second kappa shape index (κ2) is 5.09. The van der Waals surface area contributed by atoms with Crippen LogP contribution >= 0.6 is 11.8 Å². The summed E-state index contributed by atoms with van der Waals surface area (Å²) in [5.74, 6) is 0. The number of pyridine rings is 1. The summed E-state index contributed by atoms with van der Waals surface area (Å²) in [4.78, 5) is 4.36. The Bertz CT molecular complexity index is 450. The van der Waals surface area contributed by atoms with Crippen LogP contribution in [0, 0.1) is 0 Å². The number of hydrogen-bond acceptors (Lipinski definition) is 5. The third-order valence-electron chi connectivity index (χ3n) is 2.04. The smallest absolute Gasteiger partial charge is 0.197 e. The molecule has 2 aromatic rings. The van der Waals surface area contributed by atoms with Crippen molar-refractivity contribution in [1.29, 1.82) is 0 Å². The molecule has 0 saturated heterocycles. The van der Waals surface area contributed by atoms with Crippen LogP contribution in [0.4, 0.5) is 0 Å². The Morgan fingerprint density at radius 3 is 2.88 bits per heavy atom. The number of nitrogens with one attached hydrogen (secondary N) is 1. The molecule has 0 amide bonds. The number of nitrogens with zero attached hydrogens (tertiary/aromatic N) is 4. The van der Waals surface area contributed by atoms with Gasteiger partial charge in [-0.25, -0.2) is 4.98 Å². The van der Waals surface area contributed by atoms with E-state index in [2.05, 4.69) is 26.6 Å². The van der Waals surface area contributed by atoms with Crippen LogP contribution in [0.15, 0.2) is 34.8 Å². The zero-order chi connectivity index (χ0) is 11.4. The van der Waals surface area contributed by atoms with Gasteiger partial charge < -0.3 is 9.88 Å². The largest absolute Gasteiger partial charge is 0.316 e. The van der Waals surface area contributed by atoms with Gasteiger partial charge in [0.15, 0.2) is 5.16 Å². The van der Waals surface area contributed by atoms with E-state index in [0.717, 1.165) is 16.7 Å². The Balaban J connectivity index is 2.08. The van der Waals surface area contributed by atoms with Crippen LogP contribution in [-0.4, -0.2) is 26.8 Å². The molecule has 0 saturated carbocycles. The summed E-state index contributed by atoms with van der Waals surface area (Å²) in [6.45, 7) is 0.835. The molecule has 1 N–H and O–H groups in total. The standard InChI is InChI=1S/C10H13N5S/c1-11-5-8-3-4-9(12-6-8)16-10-14-13-7-15(10)2/h3-4,6-7,11H,5H2,1-2H3. The fourth-order valence-corrected chi connectivity index (χ4v) is 1.95. The highest BCUT2D eigenvalue weighted by Crippen LogP contribution is 2.22. The summed E-state index contributed by atoms with van der Waals surface area (Å²) < 4.78 is 1.87. The average molecular weight is 235 g/mol. The predicted octanol–water partition coefficient (Wildman–Crippen LogP) is 1.08. The maximum atomic E-state index is 4.36. The maximum absolute atomic E-state index is 4.36. The molecule has 16 heavy (non-hydrogen) atoms. The second-order valence-electron chi connectivity index (χ2n) is 3.36. The van der Waals surface area contributed by atoms with Gasteiger partial charge in [-0.05, 0) is 30.4 Å². The van der Waals surface area contributed by atoms with E-state index in [1.54, 1.807) is 6.33 Å². The summed E-state index contributed by atoms with van der Waals surface area (Å²) in [5.41, 5.74) is 1.17. The third-order valence-corrected chi connectivity index (χ3v) is 3.05. The minimum atomic E-state index is 0.835. The lowest BCUT2D eigenvalue weighted by Crippen LogP contribution is -2.05. The van der Waals surface area contributed by atoms with Crippen molar-refractivity contribution in [3.05, 3.63) is 30.2 Å². The maximum Gasteiger partial charge on any atom is 0.197 e. The highest BCUT2D eigenvalue weighted by Gasteiger charge is 2.04. The van der Waals surface area contributed by atoms with Gasteiger partial charge in [0.25, 0.3) is 0 Å². The highest BCUT2D eigenvalue weighted by molar-refractivity contribution is 7.99. The lowest BCUT2D eigenvalue weighted by atomic mass is 10.3. The van der Waals surface area contributed by atoms with Crippen LogP contribution in [-0.2, 0) is 13.6 Å². The Morgan fingerprint density at radius 1 is 1.44 bits per heavy atom. The molecule has 2 aromatic heterocycles. The van der Waals surface area contributed by atoms with Crippen molar-refractivity contribution in [3.63, 3.8) is 0 Å². The molecule has 0 aliphatic rings. The summed E-state index contributed by atoms with van der Waals surface area (Å²) >= 11 is 1.51. The second-order valence-corrected chi connectivity index (χ2v) is 4.35. The molecule has 0 atom stereocenters. The third kappa shape index (κ3) is 2.59. The SMILES string of the molecule is CNCc1ccc(Sc2nncn2C)nc1. The summed E-state index contributed by atoms with van der Waals surface area (Å²) in [6.07, 6.45) is 3.55. The summed E-state index contributed by atoms with van der Waals surface area (Å²) in [7, 11) is 3.83. The van der Waals surface area contributed by atoms with E-state index < -0.39 is 0 Å². The first-order chi connectivity index (χ1) is 7.79. The molecule has 2 rings (SSSR count). The molecule has 0 spiro atoms. The molecule has 0 aromatic carbocycles. The lowest BCUT2D eigenvalue weighted by Gasteiger charge is -2.02. The van der Waals surface area contributed by atoms with Gasteiger partial charge in [0.05, 0.1) is 0 Å². The molecular weight excluding hydrogens is 222 g/mol. The fourth-order valence-electron chi connectivity index (χ4n) is 1.24. The van der Waals surface area contributed by atoms with Gasteiger partial charge in [0, 0.05) is 19.8 Å². The van der Waals surface area contributed by atoms with Crippen molar-refractivity contribution in [2.75, 3.05) is 7.05 Å². The van der Waals surface area contributed by atoms with Crippen molar-refractivity contribution in [2.45, 2.75) is 16.7 Å². The van der Waals surface area contributed by atoms with Gasteiger partial charge in [0.2, 0.25) is 0 Å². The topological polar surface area (TPSA) is 55.6 Å². The lowest BCUT2D eigenvalue weighted by molar-refractivity contribution is 0.785. The number of aryl methyl sites for hydroxylation is 1. The quantitative estimate of drug-likeness (QED) is 0.859. The Hall–Kier alpha value is -1.40. The molecule has 2 heterocycles. The molecule has 6 heteroatoms. The molecule has 5 nitrogen and oxygen atoms in total. The van der Waals surface area contributed by atoms with Crippen molar-refractivity contribution in [2.24, 2.45) is 7.05 Å². The van der Waals surface area contributed by atoms with Crippen LogP contribution in [0.25, 0.3) is 0 Å². The van der Waals surface area contributed by atoms with Crippen molar-refractivity contribution in [1.82, 2.24) is 25.1 Å². The molecule has 0 bridgehead atoms. The van der Waals surface area contributed by atoms with E-state index in [1.165, 1.54) is 17.3 Å². The minimum absolute atomic E-state index is 0.835. The van der Waals surface area contributed by atoms with Crippen LogP contribution in [0.1, 0.15) is 5.56 Å². The van der Waals surface area contributed by atoms with E-state index in [4.69, 9.17) is 0 Å². The molecule has 0 aliphatic carbocycles. The zero-order valence-electron chi connectivity index (χ0n) is 9.21. The molecule has 0 aliphatic heterocycles. The van der Waals surface area contributed by atoms with Crippen LogP contribution in [0.2, 0.25) is 0 Å². The Labute approximate surface area is 98.3 Å². The van der Waals surface area contributed by atoms with Gasteiger partial charge in [-0.3, -0.25) is 0 Å². The Morgan fingerprint density at radius 2 is 2.31 bits per heavy atom. The van der Waals surface area contributed by atoms with Gasteiger partial charge in [-0.1, -0.05) is 6.07 Å². The van der Waals surface area contributed by atoms with Gasteiger partial charge >= 0.3 is 0 Å². The van der Waals surface area contributed by atoms with Crippen molar-refractivity contribution >= 4 is 11.8 Å². The van der Waals surface area contributed by atoms with Crippen LogP contribution in [0.3, 0.4) is 0 Å². The molecule has 0 radical (unpaired) electrons. The van der Waals surface area contributed by atoms with E-state index in [-0.39, 0.29) is 0 Å². The number of rotatable bonds is 4.